The smallest absolute Gasteiger partial charge is 0.304 e. The second kappa shape index (κ2) is 6.26. The van der Waals surface area contributed by atoms with Gasteiger partial charge >= 0.3 is 5.69 Å². The Morgan fingerprint density at radius 2 is 2.24 bits per heavy atom. The first kappa shape index (κ1) is 16.1. The molecule has 0 amide bonds. The number of nitrogens with zero attached hydrogens (tertiary/aromatic N) is 2. The lowest BCUT2D eigenvalue weighted by Gasteiger charge is -2.20. The molecule has 0 spiro atoms. The van der Waals surface area contributed by atoms with E-state index in [4.69, 9.17) is 4.74 Å². The van der Waals surface area contributed by atoms with Crippen LogP contribution in [0.3, 0.4) is 0 Å². The van der Waals surface area contributed by atoms with E-state index in [1.54, 1.807) is 0 Å². The Bertz CT molecular complexity index is 624. The van der Waals surface area contributed by atoms with Crippen LogP contribution in [-0.4, -0.2) is 51.0 Å². The van der Waals surface area contributed by atoms with Gasteiger partial charge in [0.05, 0.1) is 11.5 Å². The molecule has 0 bridgehead atoms. The summed E-state index contributed by atoms with van der Waals surface area (Å²) in [6.07, 6.45) is 1.63. The van der Waals surface area contributed by atoms with Crippen molar-refractivity contribution in [1.82, 2.24) is 4.31 Å². The van der Waals surface area contributed by atoms with E-state index in [9.17, 15) is 18.5 Å². The zero-order valence-corrected chi connectivity index (χ0v) is 13.4. The number of hydrogen-bond acceptors (Lipinski definition) is 7. The van der Waals surface area contributed by atoms with Crippen molar-refractivity contribution in [1.29, 1.82) is 0 Å². The van der Waals surface area contributed by atoms with Crippen molar-refractivity contribution in [3.05, 3.63) is 16.2 Å². The van der Waals surface area contributed by atoms with Gasteiger partial charge in [0.2, 0.25) is 0 Å². The monoisotopic (exact) mass is 335 g/mol. The topological polar surface area (TPSA) is 102 Å². The average Bonchev–Trinajstić information content (AvgIpc) is 3.15. The second-order valence-electron chi connectivity index (χ2n) is 4.63. The van der Waals surface area contributed by atoms with Crippen LogP contribution in [0.15, 0.2) is 10.3 Å². The first-order chi connectivity index (χ1) is 9.91. The highest BCUT2D eigenvalue weighted by Gasteiger charge is 2.39. The third-order valence-electron chi connectivity index (χ3n) is 3.15. The molecule has 1 heterocycles. The fraction of sp³-hybridized carbons (Fsp3) is 0.636. The van der Waals surface area contributed by atoms with E-state index in [0.29, 0.717) is 6.61 Å². The van der Waals surface area contributed by atoms with Crippen LogP contribution in [0.5, 0.6) is 0 Å². The molecule has 1 saturated carbocycles. The molecule has 0 radical (unpaired) electrons. The van der Waals surface area contributed by atoms with Gasteiger partial charge in [-0.05, 0) is 12.8 Å². The van der Waals surface area contributed by atoms with Gasteiger partial charge in [0.25, 0.3) is 10.0 Å². The summed E-state index contributed by atoms with van der Waals surface area (Å²) in [6, 6.07) is 1.10. The van der Waals surface area contributed by atoms with Crippen molar-refractivity contribution in [3.63, 3.8) is 0 Å². The van der Waals surface area contributed by atoms with Crippen LogP contribution in [0, 0.1) is 10.1 Å². The predicted octanol–water partition coefficient (Wildman–Crippen LogP) is 1.50. The molecular weight excluding hydrogens is 318 g/mol. The molecule has 2 rings (SSSR count). The normalized spacial score (nSPS) is 15.4. The lowest BCUT2D eigenvalue weighted by atomic mass is 10.5. The molecule has 8 nitrogen and oxygen atoms in total. The Kier molecular flexibility index (Phi) is 4.81. The molecular formula is C11H17N3O5S2. The van der Waals surface area contributed by atoms with E-state index in [2.05, 4.69) is 5.32 Å². The molecule has 1 aliphatic rings. The number of nitro groups is 1. The number of anilines is 1. The van der Waals surface area contributed by atoms with Gasteiger partial charge in [0, 0.05) is 32.8 Å². The minimum atomic E-state index is -3.73. The van der Waals surface area contributed by atoms with Crippen molar-refractivity contribution < 1.29 is 18.1 Å². The molecule has 1 aliphatic carbocycles. The first-order valence-electron chi connectivity index (χ1n) is 6.38. The first-order valence-corrected chi connectivity index (χ1v) is 8.64. The molecule has 0 aromatic carbocycles. The molecule has 0 unspecified atom stereocenters. The van der Waals surface area contributed by atoms with Gasteiger partial charge in [-0.2, -0.15) is 4.31 Å². The number of ether oxygens (including phenoxy) is 1. The highest BCUT2D eigenvalue weighted by Crippen LogP contribution is 2.40. The number of sulfonamides is 1. The van der Waals surface area contributed by atoms with Crippen molar-refractivity contribution >= 4 is 32.0 Å². The number of nitrogens with one attached hydrogen (secondary N) is 1. The third kappa shape index (κ3) is 3.34. The average molecular weight is 335 g/mol. The molecule has 0 saturated heterocycles. The summed E-state index contributed by atoms with van der Waals surface area (Å²) in [5, 5.41) is 13.9. The molecule has 1 aromatic heterocycles. The third-order valence-corrected chi connectivity index (χ3v) is 6.69. The van der Waals surface area contributed by atoms with Crippen LogP contribution >= 0.6 is 11.3 Å². The number of rotatable bonds is 8. The van der Waals surface area contributed by atoms with Gasteiger partial charge in [-0.1, -0.05) is 11.3 Å². The van der Waals surface area contributed by atoms with Crippen LogP contribution in [0.2, 0.25) is 0 Å². The lowest BCUT2D eigenvalue weighted by molar-refractivity contribution is -0.383. The van der Waals surface area contributed by atoms with E-state index >= 15 is 0 Å². The van der Waals surface area contributed by atoms with Gasteiger partial charge < -0.3 is 10.1 Å². The summed E-state index contributed by atoms with van der Waals surface area (Å²) in [4.78, 5) is 10.4. The van der Waals surface area contributed by atoms with Crippen LogP contribution in [0.1, 0.15) is 12.8 Å². The molecule has 21 heavy (non-hydrogen) atoms. The summed E-state index contributed by atoms with van der Waals surface area (Å²) in [5.74, 6) is 0. The van der Waals surface area contributed by atoms with Gasteiger partial charge in [0.1, 0.15) is 4.21 Å². The van der Waals surface area contributed by atoms with E-state index in [-0.39, 0.29) is 27.5 Å². The van der Waals surface area contributed by atoms with Crippen LogP contribution in [0.4, 0.5) is 10.7 Å². The van der Waals surface area contributed by atoms with E-state index in [1.165, 1.54) is 18.5 Å². The quantitative estimate of drug-likeness (QED) is 0.570. The van der Waals surface area contributed by atoms with Crippen molar-refractivity contribution in [2.45, 2.75) is 23.1 Å². The van der Waals surface area contributed by atoms with Crippen LogP contribution < -0.4 is 5.32 Å². The second-order valence-corrected chi connectivity index (χ2v) is 7.80. The SMILES string of the molecule is CNc1sc(S(=O)(=O)N(CCOC)C2CC2)cc1[N+](=O)[O-]. The fourth-order valence-electron chi connectivity index (χ4n) is 1.96. The largest absolute Gasteiger partial charge is 0.383 e. The molecule has 1 N–H and O–H groups in total. The number of hydrogen-bond donors (Lipinski definition) is 1. The van der Waals surface area contributed by atoms with E-state index in [1.807, 2.05) is 0 Å². The summed E-state index contributed by atoms with van der Waals surface area (Å²) in [7, 11) is -0.695. The molecule has 1 fully saturated rings. The minimum Gasteiger partial charge on any atom is -0.383 e. The molecule has 0 atom stereocenters. The lowest BCUT2D eigenvalue weighted by Crippen LogP contribution is -2.35. The molecule has 0 aliphatic heterocycles. The number of thiophene rings is 1. The maximum absolute atomic E-state index is 12.7. The van der Waals surface area contributed by atoms with Crippen LogP contribution in [0.25, 0.3) is 0 Å². The zero-order valence-electron chi connectivity index (χ0n) is 11.7. The zero-order chi connectivity index (χ0) is 15.6. The predicted molar refractivity (Wildman–Crippen MR) is 79.3 cm³/mol. The Morgan fingerprint density at radius 1 is 1.57 bits per heavy atom. The van der Waals surface area contributed by atoms with Gasteiger partial charge in [-0.15, -0.1) is 0 Å². The molecule has 1 aromatic rings. The molecule has 118 valence electrons. The van der Waals surface area contributed by atoms with Gasteiger partial charge in [-0.25, -0.2) is 8.42 Å². The van der Waals surface area contributed by atoms with E-state index in [0.717, 1.165) is 30.2 Å². The highest BCUT2D eigenvalue weighted by atomic mass is 32.2. The maximum atomic E-state index is 12.7. The summed E-state index contributed by atoms with van der Waals surface area (Å²) in [6.45, 7) is 0.548. The van der Waals surface area contributed by atoms with Crippen molar-refractivity contribution in [3.8, 4) is 0 Å². The van der Waals surface area contributed by atoms with Crippen molar-refractivity contribution in [2.24, 2.45) is 0 Å². The Morgan fingerprint density at radius 3 is 2.67 bits per heavy atom. The molecule has 10 heteroatoms. The summed E-state index contributed by atoms with van der Waals surface area (Å²) in [5.41, 5.74) is -0.219. The van der Waals surface area contributed by atoms with Gasteiger partial charge in [0.15, 0.2) is 5.00 Å². The van der Waals surface area contributed by atoms with Crippen molar-refractivity contribution in [2.75, 3.05) is 32.6 Å². The van der Waals surface area contributed by atoms with Crippen LogP contribution in [-0.2, 0) is 14.8 Å². The standard InChI is InChI=1S/C11H17N3O5S2/c1-12-11-9(14(15)16)7-10(20-11)21(17,18)13(5-6-19-2)8-3-4-8/h7-8,12H,3-6H2,1-2H3. The Hall–Kier alpha value is -1.23. The number of methoxy groups -OCH3 is 1. The fourth-order valence-corrected chi connectivity index (χ4v) is 5.04. The maximum Gasteiger partial charge on any atom is 0.304 e. The van der Waals surface area contributed by atoms with E-state index < -0.39 is 14.9 Å². The van der Waals surface area contributed by atoms with Gasteiger partial charge in [-0.3, -0.25) is 10.1 Å². The Balaban J connectivity index is 2.35. The Labute approximate surface area is 126 Å². The minimum absolute atomic E-state index is 0.0125. The summed E-state index contributed by atoms with van der Waals surface area (Å²) < 4.78 is 31.6. The summed E-state index contributed by atoms with van der Waals surface area (Å²) >= 11 is 0.879. The highest BCUT2D eigenvalue weighted by molar-refractivity contribution is 7.91.